The molecule has 2 nitrogen and oxygen atoms in total. The smallest absolute Gasteiger partial charge is 0.165 e. The van der Waals surface area contributed by atoms with Crippen LogP contribution in [0.4, 0.5) is 4.39 Å². The number of rotatable bonds is 2. The van der Waals surface area contributed by atoms with Crippen LogP contribution in [-0.4, -0.2) is 17.3 Å². The normalized spacial score (nSPS) is 25.4. The number of aliphatic hydroxyl groups excluding tert-OH is 1. The zero-order valence-corrected chi connectivity index (χ0v) is 9.45. The maximum Gasteiger partial charge on any atom is 0.165 e. The lowest BCUT2D eigenvalue weighted by atomic mass is 9.95. The number of aliphatic hydroxyl groups is 1. The molecule has 0 unspecified atom stereocenters. The molecule has 0 amide bonds. The van der Waals surface area contributed by atoms with E-state index in [4.69, 9.17) is 4.74 Å². The number of hydrogen-bond acceptors (Lipinski definition) is 2. The molecule has 1 aliphatic rings. The molecule has 2 atom stereocenters. The van der Waals surface area contributed by atoms with Crippen LogP contribution in [0.1, 0.15) is 31.2 Å². The van der Waals surface area contributed by atoms with Crippen molar-refractivity contribution in [2.24, 2.45) is 0 Å². The van der Waals surface area contributed by atoms with E-state index in [1.807, 2.05) is 6.92 Å². The first-order valence-corrected chi connectivity index (χ1v) is 5.77. The fourth-order valence-electron chi connectivity index (χ4n) is 2.08. The zero-order valence-electron chi connectivity index (χ0n) is 9.45. The lowest BCUT2D eigenvalue weighted by Crippen LogP contribution is -2.34. The minimum atomic E-state index is -0.464. The third-order valence-corrected chi connectivity index (χ3v) is 3.03. The number of aryl methyl sites for hydroxylation is 1. The topological polar surface area (TPSA) is 29.5 Å². The van der Waals surface area contributed by atoms with Gasteiger partial charge in [-0.2, -0.15) is 0 Å². The molecule has 16 heavy (non-hydrogen) atoms. The van der Waals surface area contributed by atoms with E-state index in [9.17, 15) is 9.50 Å². The Bertz CT molecular complexity index is 365. The van der Waals surface area contributed by atoms with Crippen molar-refractivity contribution in [3.63, 3.8) is 0 Å². The second-order valence-electron chi connectivity index (χ2n) is 4.44. The summed E-state index contributed by atoms with van der Waals surface area (Å²) in [5, 5.41) is 9.74. The molecule has 88 valence electrons. The lowest BCUT2D eigenvalue weighted by Gasteiger charge is -2.28. The van der Waals surface area contributed by atoms with Crippen LogP contribution in [-0.2, 0) is 0 Å². The van der Waals surface area contributed by atoms with Gasteiger partial charge in [0.1, 0.15) is 6.10 Å². The van der Waals surface area contributed by atoms with Crippen LogP contribution in [0.15, 0.2) is 18.2 Å². The lowest BCUT2D eigenvalue weighted by molar-refractivity contribution is 0.00496. The van der Waals surface area contributed by atoms with E-state index in [0.29, 0.717) is 0 Å². The fraction of sp³-hybridized carbons (Fsp3) is 0.538. The van der Waals surface area contributed by atoms with Crippen LogP contribution in [0.5, 0.6) is 5.75 Å². The molecular weight excluding hydrogens is 207 g/mol. The van der Waals surface area contributed by atoms with Gasteiger partial charge in [-0.3, -0.25) is 0 Å². The van der Waals surface area contributed by atoms with Crippen LogP contribution >= 0.6 is 0 Å². The molecule has 1 aromatic carbocycles. The Morgan fingerprint density at radius 3 is 2.81 bits per heavy atom. The minimum Gasteiger partial charge on any atom is -0.485 e. The highest BCUT2D eigenvalue weighted by atomic mass is 19.1. The highest BCUT2D eigenvalue weighted by Crippen LogP contribution is 2.26. The average Bonchev–Trinajstić information content (AvgIpc) is 2.27. The van der Waals surface area contributed by atoms with Gasteiger partial charge in [0.15, 0.2) is 11.6 Å². The summed E-state index contributed by atoms with van der Waals surface area (Å²) < 4.78 is 19.0. The Hall–Kier alpha value is -1.09. The first-order valence-electron chi connectivity index (χ1n) is 5.77. The highest BCUT2D eigenvalue weighted by molar-refractivity contribution is 5.29. The number of ether oxygens (including phenoxy) is 1. The van der Waals surface area contributed by atoms with Crippen molar-refractivity contribution in [3.8, 4) is 5.75 Å². The van der Waals surface area contributed by atoms with Gasteiger partial charge < -0.3 is 9.84 Å². The summed E-state index contributed by atoms with van der Waals surface area (Å²) in [7, 11) is 0. The van der Waals surface area contributed by atoms with E-state index in [1.165, 1.54) is 6.07 Å². The molecular formula is C13H17FO2. The molecule has 0 radical (unpaired) electrons. The zero-order chi connectivity index (χ0) is 11.5. The summed E-state index contributed by atoms with van der Waals surface area (Å²) in [6, 6.07) is 4.79. The third-order valence-electron chi connectivity index (χ3n) is 3.03. The van der Waals surface area contributed by atoms with Gasteiger partial charge in [-0.25, -0.2) is 4.39 Å². The van der Waals surface area contributed by atoms with Gasteiger partial charge in [0.05, 0.1) is 6.10 Å². The van der Waals surface area contributed by atoms with Crippen molar-refractivity contribution in [2.45, 2.75) is 44.8 Å². The molecule has 0 heterocycles. The molecule has 0 aliphatic heterocycles. The molecule has 2 rings (SSSR count). The third kappa shape index (κ3) is 2.53. The summed E-state index contributed by atoms with van der Waals surface area (Å²) >= 11 is 0. The Balaban J connectivity index is 2.10. The van der Waals surface area contributed by atoms with Crippen molar-refractivity contribution < 1.29 is 14.2 Å². The predicted octanol–water partition coefficient (Wildman–Crippen LogP) is 2.82. The molecule has 1 saturated carbocycles. The summed E-state index contributed by atoms with van der Waals surface area (Å²) in [6.45, 7) is 1.89. The molecule has 1 N–H and O–H groups in total. The predicted molar refractivity (Wildman–Crippen MR) is 60.0 cm³/mol. The average molecular weight is 224 g/mol. The maximum atomic E-state index is 13.4. The Morgan fingerprint density at radius 1 is 1.31 bits per heavy atom. The molecule has 0 spiro atoms. The largest absolute Gasteiger partial charge is 0.485 e. The van der Waals surface area contributed by atoms with E-state index in [1.54, 1.807) is 12.1 Å². The second-order valence-corrected chi connectivity index (χ2v) is 4.44. The molecule has 1 aromatic rings. The maximum absolute atomic E-state index is 13.4. The van der Waals surface area contributed by atoms with Crippen molar-refractivity contribution in [3.05, 3.63) is 29.6 Å². The Kier molecular flexibility index (Phi) is 3.44. The van der Waals surface area contributed by atoms with Crippen LogP contribution in [0, 0.1) is 12.7 Å². The van der Waals surface area contributed by atoms with E-state index < -0.39 is 6.10 Å². The Morgan fingerprint density at radius 2 is 2.06 bits per heavy atom. The quantitative estimate of drug-likeness (QED) is 0.837. The van der Waals surface area contributed by atoms with Crippen LogP contribution in [0.25, 0.3) is 0 Å². The van der Waals surface area contributed by atoms with Crippen molar-refractivity contribution >= 4 is 0 Å². The van der Waals surface area contributed by atoms with Gasteiger partial charge in [0.25, 0.3) is 0 Å². The van der Waals surface area contributed by atoms with Crippen molar-refractivity contribution in [1.82, 2.24) is 0 Å². The fourth-order valence-corrected chi connectivity index (χ4v) is 2.08. The van der Waals surface area contributed by atoms with Gasteiger partial charge in [0, 0.05) is 0 Å². The van der Waals surface area contributed by atoms with E-state index >= 15 is 0 Å². The van der Waals surface area contributed by atoms with Crippen molar-refractivity contribution in [2.75, 3.05) is 0 Å². The monoisotopic (exact) mass is 224 g/mol. The Labute approximate surface area is 95.1 Å². The van der Waals surface area contributed by atoms with E-state index in [2.05, 4.69) is 0 Å². The number of halogens is 1. The molecule has 1 fully saturated rings. The van der Waals surface area contributed by atoms with Gasteiger partial charge in [0.2, 0.25) is 0 Å². The van der Waals surface area contributed by atoms with Crippen LogP contribution in [0.3, 0.4) is 0 Å². The minimum absolute atomic E-state index is 0.256. The SMILES string of the molecule is Cc1ccc(F)c(O[C@H]2CCCC[C@@H]2O)c1. The van der Waals surface area contributed by atoms with E-state index in [0.717, 1.165) is 31.2 Å². The molecule has 0 aromatic heterocycles. The first kappa shape index (κ1) is 11.4. The molecule has 0 saturated heterocycles. The molecule has 3 heteroatoms. The van der Waals surface area contributed by atoms with Crippen molar-refractivity contribution in [1.29, 1.82) is 0 Å². The van der Waals surface area contributed by atoms with Gasteiger partial charge in [-0.15, -0.1) is 0 Å². The van der Waals surface area contributed by atoms with Crippen LogP contribution < -0.4 is 4.74 Å². The van der Waals surface area contributed by atoms with Gasteiger partial charge >= 0.3 is 0 Å². The molecule has 0 bridgehead atoms. The van der Waals surface area contributed by atoms with Gasteiger partial charge in [-0.05, 0) is 43.9 Å². The summed E-state index contributed by atoms with van der Waals surface area (Å²) in [6.07, 6.45) is 2.89. The summed E-state index contributed by atoms with van der Waals surface area (Å²) in [5.41, 5.74) is 0.960. The number of benzene rings is 1. The standard InChI is InChI=1S/C13H17FO2/c1-9-6-7-10(14)13(8-9)16-12-5-3-2-4-11(12)15/h6-8,11-12,15H,2-5H2,1H3/t11-,12-/m0/s1. The second kappa shape index (κ2) is 4.83. The van der Waals surface area contributed by atoms with Crippen LogP contribution in [0.2, 0.25) is 0 Å². The van der Waals surface area contributed by atoms with E-state index in [-0.39, 0.29) is 17.7 Å². The highest BCUT2D eigenvalue weighted by Gasteiger charge is 2.25. The number of hydrogen-bond donors (Lipinski definition) is 1. The summed E-state index contributed by atoms with van der Waals surface area (Å²) in [5.74, 6) is -0.102. The van der Waals surface area contributed by atoms with Gasteiger partial charge in [-0.1, -0.05) is 12.5 Å². The summed E-state index contributed by atoms with van der Waals surface area (Å²) in [4.78, 5) is 0. The first-order chi connectivity index (χ1) is 7.66. The molecule has 1 aliphatic carbocycles.